The van der Waals surface area contributed by atoms with E-state index in [1.54, 1.807) is 30.3 Å². The van der Waals surface area contributed by atoms with E-state index in [1.807, 2.05) is 6.07 Å². The van der Waals surface area contributed by atoms with Gasteiger partial charge < -0.3 is 13.9 Å². The minimum Gasteiger partial charge on any atom is -0.492 e. The van der Waals surface area contributed by atoms with Gasteiger partial charge in [-0.05, 0) is 30.3 Å². The van der Waals surface area contributed by atoms with Gasteiger partial charge in [-0.1, -0.05) is 33.6 Å². The molecule has 0 bridgehead atoms. The zero-order valence-electron chi connectivity index (χ0n) is 12.4. The molecular formula is C18H12BrClO4. The molecule has 0 unspecified atom stereocenters. The van der Waals surface area contributed by atoms with E-state index in [2.05, 4.69) is 15.9 Å². The summed E-state index contributed by atoms with van der Waals surface area (Å²) in [7, 11) is 0. The smallest absolute Gasteiger partial charge is 0.193 e. The summed E-state index contributed by atoms with van der Waals surface area (Å²) in [5.41, 5.74) is 0.766. The van der Waals surface area contributed by atoms with Crippen molar-refractivity contribution in [3.8, 4) is 17.1 Å². The summed E-state index contributed by atoms with van der Waals surface area (Å²) in [6.45, 7) is 0.242. The Labute approximate surface area is 151 Å². The van der Waals surface area contributed by atoms with E-state index in [4.69, 9.17) is 20.8 Å². The standard InChI is InChI=1S/C18H12BrClO4/c19-11-5-6-13(16(9-11)23-8-2-7-21)17-10-15(22)12-3-1-4-14(20)18(12)24-17/h1,3-7,9-10H,2,8H2. The molecule has 0 radical (unpaired) electrons. The summed E-state index contributed by atoms with van der Waals surface area (Å²) in [5, 5.41) is 0.791. The van der Waals surface area contributed by atoms with Gasteiger partial charge >= 0.3 is 0 Å². The second kappa shape index (κ2) is 7.20. The maximum absolute atomic E-state index is 12.3. The van der Waals surface area contributed by atoms with Crippen molar-refractivity contribution < 1.29 is 13.9 Å². The Bertz CT molecular complexity index is 965. The van der Waals surface area contributed by atoms with Crippen LogP contribution in [0.1, 0.15) is 6.42 Å². The molecule has 0 aliphatic heterocycles. The molecule has 3 rings (SSSR count). The Balaban J connectivity index is 2.15. The SMILES string of the molecule is O=CCCOc1cc(Br)ccc1-c1cc(=O)c2cccc(Cl)c2o1. The monoisotopic (exact) mass is 406 g/mol. The molecule has 0 saturated carbocycles. The van der Waals surface area contributed by atoms with Gasteiger partial charge in [-0.2, -0.15) is 0 Å². The Morgan fingerprint density at radius 1 is 1.21 bits per heavy atom. The minimum absolute atomic E-state index is 0.185. The normalized spacial score (nSPS) is 10.8. The first-order valence-electron chi connectivity index (χ1n) is 7.19. The van der Waals surface area contributed by atoms with Crippen molar-refractivity contribution in [2.45, 2.75) is 6.42 Å². The van der Waals surface area contributed by atoms with Gasteiger partial charge in [0.1, 0.15) is 17.8 Å². The molecule has 1 heterocycles. The lowest BCUT2D eigenvalue weighted by atomic mass is 10.1. The molecule has 1 aromatic heterocycles. The Hall–Kier alpha value is -2.11. The van der Waals surface area contributed by atoms with E-state index in [-0.39, 0.29) is 18.5 Å². The number of ether oxygens (including phenoxy) is 1. The molecule has 0 fully saturated rings. The molecule has 0 amide bonds. The average molecular weight is 408 g/mol. The number of halogens is 2. The first-order chi connectivity index (χ1) is 11.6. The number of rotatable bonds is 5. The molecule has 0 saturated heterocycles. The highest BCUT2D eigenvalue weighted by molar-refractivity contribution is 9.10. The maximum atomic E-state index is 12.3. The summed E-state index contributed by atoms with van der Waals surface area (Å²) < 4.78 is 12.3. The van der Waals surface area contributed by atoms with Crippen LogP contribution in [0.15, 0.2) is 56.1 Å². The maximum Gasteiger partial charge on any atom is 0.193 e. The van der Waals surface area contributed by atoms with Crippen molar-refractivity contribution in [3.05, 3.63) is 62.2 Å². The Morgan fingerprint density at radius 3 is 2.83 bits per heavy atom. The van der Waals surface area contributed by atoms with Gasteiger partial charge in [0.05, 0.1) is 22.6 Å². The number of hydrogen-bond acceptors (Lipinski definition) is 4. The molecule has 0 aliphatic carbocycles. The van der Waals surface area contributed by atoms with E-state index in [0.29, 0.717) is 33.1 Å². The topological polar surface area (TPSA) is 56.5 Å². The van der Waals surface area contributed by atoms with Crippen LogP contribution in [0.2, 0.25) is 5.02 Å². The molecule has 2 aromatic carbocycles. The molecule has 3 aromatic rings. The quantitative estimate of drug-likeness (QED) is 0.448. The summed E-state index contributed by atoms with van der Waals surface area (Å²) in [4.78, 5) is 22.8. The van der Waals surface area contributed by atoms with Gasteiger partial charge in [0.15, 0.2) is 11.0 Å². The summed E-state index contributed by atoms with van der Waals surface area (Å²) in [6.07, 6.45) is 1.06. The number of carbonyl (C=O) groups is 1. The van der Waals surface area contributed by atoms with Gasteiger partial charge in [0.2, 0.25) is 0 Å². The van der Waals surface area contributed by atoms with E-state index >= 15 is 0 Å². The largest absolute Gasteiger partial charge is 0.492 e. The summed E-state index contributed by atoms with van der Waals surface area (Å²) in [5.74, 6) is 0.870. The third-order valence-corrected chi connectivity index (χ3v) is 4.20. The average Bonchev–Trinajstić information content (AvgIpc) is 2.56. The van der Waals surface area contributed by atoms with Crippen LogP contribution >= 0.6 is 27.5 Å². The number of benzene rings is 2. The van der Waals surface area contributed by atoms with Gasteiger partial charge in [-0.3, -0.25) is 4.79 Å². The first kappa shape index (κ1) is 16.7. The molecule has 0 atom stereocenters. The van der Waals surface area contributed by atoms with Crippen LogP contribution in [-0.4, -0.2) is 12.9 Å². The Morgan fingerprint density at radius 2 is 2.04 bits per heavy atom. The second-order valence-electron chi connectivity index (χ2n) is 5.04. The molecular weight excluding hydrogens is 396 g/mol. The van der Waals surface area contributed by atoms with Crippen molar-refractivity contribution in [1.82, 2.24) is 0 Å². The fourth-order valence-corrected chi connectivity index (χ4v) is 2.86. The van der Waals surface area contributed by atoms with Crippen molar-refractivity contribution in [2.75, 3.05) is 6.61 Å². The summed E-state index contributed by atoms with van der Waals surface area (Å²) in [6, 6.07) is 11.8. The zero-order chi connectivity index (χ0) is 17.1. The van der Waals surface area contributed by atoms with Crippen molar-refractivity contribution in [3.63, 3.8) is 0 Å². The predicted molar refractivity (Wildman–Crippen MR) is 96.8 cm³/mol. The summed E-state index contributed by atoms with van der Waals surface area (Å²) >= 11 is 9.53. The van der Waals surface area contributed by atoms with Gasteiger partial charge in [0.25, 0.3) is 0 Å². The highest BCUT2D eigenvalue weighted by Crippen LogP contribution is 2.34. The van der Waals surface area contributed by atoms with Gasteiger partial charge in [-0.15, -0.1) is 0 Å². The van der Waals surface area contributed by atoms with Crippen LogP contribution in [0.4, 0.5) is 0 Å². The van der Waals surface area contributed by atoms with E-state index in [1.165, 1.54) is 6.07 Å². The number of aldehydes is 1. The first-order valence-corrected chi connectivity index (χ1v) is 8.36. The second-order valence-corrected chi connectivity index (χ2v) is 6.36. The van der Waals surface area contributed by atoms with Crippen LogP contribution in [0.5, 0.6) is 5.75 Å². The highest BCUT2D eigenvalue weighted by atomic mass is 79.9. The molecule has 0 spiro atoms. The van der Waals surface area contributed by atoms with Crippen molar-refractivity contribution in [2.24, 2.45) is 0 Å². The molecule has 4 nitrogen and oxygen atoms in total. The van der Waals surface area contributed by atoms with Crippen LogP contribution in [0.3, 0.4) is 0 Å². The van der Waals surface area contributed by atoms with Crippen LogP contribution in [0, 0.1) is 0 Å². The lowest BCUT2D eigenvalue weighted by Gasteiger charge is -2.11. The van der Waals surface area contributed by atoms with E-state index in [9.17, 15) is 9.59 Å². The molecule has 122 valence electrons. The fraction of sp³-hybridized carbons (Fsp3) is 0.111. The minimum atomic E-state index is -0.185. The lowest BCUT2D eigenvalue weighted by molar-refractivity contribution is -0.108. The third-order valence-electron chi connectivity index (χ3n) is 3.41. The van der Waals surface area contributed by atoms with Crippen LogP contribution in [0.25, 0.3) is 22.3 Å². The van der Waals surface area contributed by atoms with Gasteiger partial charge in [0, 0.05) is 17.0 Å². The number of para-hydroxylation sites is 1. The van der Waals surface area contributed by atoms with Crippen molar-refractivity contribution in [1.29, 1.82) is 0 Å². The molecule has 24 heavy (non-hydrogen) atoms. The number of fused-ring (bicyclic) bond motifs is 1. The van der Waals surface area contributed by atoms with E-state index < -0.39 is 0 Å². The Kier molecular flexibility index (Phi) is 5.02. The van der Waals surface area contributed by atoms with Crippen LogP contribution in [-0.2, 0) is 4.79 Å². The predicted octanol–water partition coefficient (Wildman–Crippen LogP) is 4.84. The molecule has 0 N–H and O–H groups in total. The lowest BCUT2D eigenvalue weighted by Crippen LogP contribution is -2.03. The fourth-order valence-electron chi connectivity index (χ4n) is 2.31. The van der Waals surface area contributed by atoms with E-state index in [0.717, 1.165) is 10.8 Å². The zero-order valence-corrected chi connectivity index (χ0v) is 14.8. The molecule has 6 heteroatoms. The third kappa shape index (κ3) is 3.37. The molecule has 0 aliphatic rings. The number of carbonyl (C=O) groups excluding carboxylic acids is 1. The highest BCUT2D eigenvalue weighted by Gasteiger charge is 2.14. The van der Waals surface area contributed by atoms with Crippen LogP contribution < -0.4 is 10.2 Å². The van der Waals surface area contributed by atoms with Gasteiger partial charge in [-0.25, -0.2) is 0 Å². The van der Waals surface area contributed by atoms with Crippen molar-refractivity contribution >= 4 is 44.8 Å². The number of hydrogen-bond donors (Lipinski definition) is 0.